The van der Waals surface area contributed by atoms with E-state index in [9.17, 15) is 4.79 Å². The number of hydrogen-bond acceptors (Lipinski definition) is 6. The summed E-state index contributed by atoms with van der Waals surface area (Å²) in [4.78, 5) is 21.3. The number of rotatable bonds is 9. The van der Waals surface area contributed by atoms with Gasteiger partial charge in [-0.25, -0.2) is 0 Å². The molecule has 0 fully saturated rings. The monoisotopic (exact) mass is 408 g/mol. The van der Waals surface area contributed by atoms with Crippen LogP contribution in [0, 0.1) is 6.92 Å². The van der Waals surface area contributed by atoms with Gasteiger partial charge in [0.25, 0.3) is 5.91 Å². The molecule has 0 unspecified atom stereocenters. The minimum Gasteiger partial charge on any atom is -0.485 e. The van der Waals surface area contributed by atoms with Crippen molar-refractivity contribution < 1.29 is 14.1 Å². The average Bonchev–Trinajstić information content (AvgIpc) is 3.16. The minimum absolute atomic E-state index is 0.0743. The molecule has 0 saturated heterocycles. The van der Waals surface area contributed by atoms with Gasteiger partial charge in [-0.05, 0) is 44.3 Å². The summed E-state index contributed by atoms with van der Waals surface area (Å²) in [7, 11) is 4.09. The maximum absolute atomic E-state index is 13.2. The van der Waals surface area contributed by atoms with Gasteiger partial charge in [-0.15, -0.1) is 0 Å². The molecule has 30 heavy (non-hydrogen) atoms. The van der Waals surface area contributed by atoms with Crippen molar-refractivity contribution in [2.24, 2.45) is 0 Å². The third kappa shape index (κ3) is 5.67. The zero-order chi connectivity index (χ0) is 21.5. The van der Waals surface area contributed by atoms with E-state index in [0.29, 0.717) is 36.1 Å². The van der Waals surface area contributed by atoms with Gasteiger partial charge >= 0.3 is 0 Å². The van der Waals surface area contributed by atoms with E-state index in [1.165, 1.54) is 5.56 Å². The first-order valence-electron chi connectivity index (χ1n) is 9.99. The van der Waals surface area contributed by atoms with Crippen molar-refractivity contribution in [1.29, 1.82) is 0 Å². The Hall–Kier alpha value is -3.19. The summed E-state index contributed by atoms with van der Waals surface area (Å²) in [5.74, 6) is 1.35. The van der Waals surface area contributed by atoms with Gasteiger partial charge in [0, 0.05) is 26.6 Å². The molecule has 1 heterocycles. The number of aryl methyl sites for hydroxylation is 1. The Morgan fingerprint density at radius 3 is 2.30 bits per heavy atom. The second-order valence-electron chi connectivity index (χ2n) is 7.39. The second kappa shape index (κ2) is 10.0. The van der Waals surface area contributed by atoms with Crippen molar-refractivity contribution in [3.05, 3.63) is 76.9 Å². The Kier molecular flexibility index (Phi) is 7.19. The van der Waals surface area contributed by atoms with Crippen molar-refractivity contribution in [2.75, 3.05) is 20.6 Å². The number of carbonyl (C=O) groups excluding carboxylic acids is 1. The summed E-state index contributed by atoms with van der Waals surface area (Å²) in [6.45, 7) is 5.86. The molecular formula is C23H28N4O3. The van der Waals surface area contributed by atoms with E-state index in [1.807, 2.05) is 38.1 Å². The SMILES string of the molecule is CCN(Cc1ccc(CN(C)C)cc1)C(=O)c1ccccc1OCc1noc(C)n1. The number of benzene rings is 2. The van der Waals surface area contributed by atoms with E-state index in [4.69, 9.17) is 9.26 Å². The molecule has 0 radical (unpaired) electrons. The normalized spacial score (nSPS) is 11.0. The number of hydrogen-bond donors (Lipinski definition) is 0. The van der Waals surface area contributed by atoms with Gasteiger partial charge in [0.1, 0.15) is 5.75 Å². The van der Waals surface area contributed by atoms with E-state index in [2.05, 4.69) is 39.3 Å². The summed E-state index contributed by atoms with van der Waals surface area (Å²) in [5, 5.41) is 3.83. The Morgan fingerprint density at radius 1 is 1.03 bits per heavy atom. The molecule has 0 spiro atoms. The number of amides is 1. The molecule has 0 atom stereocenters. The first-order valence-corrected chi connectivity index (χ1v) is 9.99. The number of nitrogens with zero attached hydrogens (tertiary/aromatic N) is 4. The Labute approximate surface area is 177 Å². The van der Waals surface area contributed by atoms with Crippen LogP contribution < -0.4 is 4.74 Å². The van der Waals surface area contributed by atoms with Crippen LogP contribution in [0.1, 0.15) is 40.1 Å². The zero-order valence-electron chi connectivity index (χ0n) is 18.0. The molecule has 2 aromatic carbocycles. The van der Waals surface area contributed by atoms with E-state index < -0.39 is 0 Å². The predicted molar refractivity (Wildman–Crippen MR) is 114 cm³/mol. The molecule has 1 amide bonds. The Balaban J connectivity index is 1.70. The second-order valence-corrected chi connectivity index (χ2v) is 7.39. The van der Waals surface area contributed by atoms with Crippen LogP contribution in [-0.4, -0.2) is 46.5 Å². The molecule has 1 aromatic heterocycles. The number of aromatic nitrogens is 2. The lowest BCUT2D eigenvalue weighted by Crippen LogP contribution is -2.30. The molecule has 7 heteroatoms. The van der Waals surface area contributed by atoms with Crippen molar-refractivity contribution in [2.45, 2.75) is 33.5 Å². The molecule has 0 N–H and O–H groups in total. The standard InChI is InChI=1S/C23H28N4O3/c1-5-27(15-19-12-10-18(11-13-19)14-26(3)4)23(28)20-8-6-7-9-21(20)29-16-22-24-17(2)30-25-22/h6-13H,5,14-16H2,1-4H3. The Morgan fingerprint density at radius 2 is 1.70 bits per heavy atom. The molecule has 0 aliphatic heterocycles. The summed E-state index contributed by atoms with van der Waals surface area (Å²) in [6, 6.07) is 15.6. The highest BCUT2D eigenvalue weighted by Crippen LogP contribution is 2.22. The van der Waals surface area contributed by atoms with Crippen molar-refractivity contribution in [1.82, 2.24) is 19.9 Å². The summed E-state index contributed by atoms with van der Waals surface area (Å²) in [6.07, 6.45) is 0. The molecule has 0 aliphatic rings. The predicted octanol–water partition coefficient (Wildman–Crippen LogP) is 3.68. The smallest absolute Gasteiger partial charge is 0.257 e. The molecule has 0 aliphatic carbocycles. The van der Waals surface area contributed by atoms with Crippen LogP contribution in [-0.2, 0) is 19.7 Å². The number of carbonyl (C=O) groups is 1. The highest BCUT2D eigenvalue weighted by Gasteiger charge is 2.19. The van der Waals surface area contributed by atoms with Gasteiger partial charge in [-0.1, -0.05) is 41.6 Å². The van der Waals surface area contributed by atoms with Crippen LogP contribution in [0.25, 0.3) is 0 Å². The molecule has 7 nitrogen and oxygen atoms in total. The molecule has 3 rings (SSSR count). The van der Waals surface area contributed by atoms with Crippen molar-refractivity contribution >= 4 is 5.91 Å². The van der Waals surface area contributed by atoms with E-state index >= 15 is 0 Å². The maximum atomic E-state index is 13.2. The van der Waals surface area contributed by atoms with Gasteiger partial charge in [-0.2, -0.15) is 4.98 Å². The molecule has 0 saturated carbocycles. The lowest BCUT2D eigenvalue weighted by Gasteiger charge is -2.22. The van der Waals surface area contributed by atoms with Crippen molar-refractivity contribution in [3.8, 4) is 5.75 Å². The summed E-state index contributed by atoms with van der Waals surface area (Å²) in [5.41, 5.74) is 2.85. The first kappa shape index (κ1) is 21.5. The van der Waals surface area contributed by atoms with Crippen molar-refractivity contribution in [3.63, 3.8) is 0 Å². The zero-order valence-corrected chi connectivity index (χ0v) is 18.0. The highest BCUT2D eigenvalue weighted by molar-refractivity contribution is 5.96. The minimum atomic E-state index is -0.0743. The third-order valence-electron chi connectivity index (χ3n) is 4.61. The van der Waals surface area contributed by atoms with Crippen LogP contribution in [0.4, 0.5) is 0 Å². The van der Waals surface area contributed by atoms with Crippen LogP contribution in [0.3, 0.4) is 0 Å². The van der Waals surface area contributed by atoms with Gasteiger partial charge in [0.05, 0.1) is 5.56 Å². The molecule has 3 aromatic rings. The summed E-state index contributed by atoms with van der Waals surface area (Å²) < 4.78 is 10.8. The van der Waals surface area contributed by atoms with Gasteiger partial charge in [0.15, 0.2) is 6.61 Å². The third-order valence-corrected chi connectivity index (χ3v) is 4.61. The fraction of sp³-hybridized carbons (Fsp3) is 0.348. The van der Waals surface area contributed by atoms with E-state index in [-0.39, 0.29) is 12.5 Å². The van der Waals surface area contributed by atoms with Crippen LogP contribution in [0.15, 0.2) is 53.1 Å². The quantitative estimate of drug-likeness (QED) is 0.538. The maximum Gasteiger partial charge on any atom is 0.257 e. The molecular weight excluding hydrogens is 380 g/mol. The Bertz CT molecular complexity index is 967. The molecule has 0 bridgehead atoms. The summed E-state index contributed by atoms with van der Waals surface area (Å²) >= 11 is 0. The number of ether oxygens (including phenoxy) is 1. The van der Waals surface area contributed by atoms with E-state index in [0.717, 1.165) is 12.1 Å². The fourth-order valence-electron chi connectivity index (χ4n) is 3.14. The van der Waals surface area contributed by atoms with Crippen LogP contribution in [0.5, 0.6) is 5.75 Å². The van der Waals surface area contributed by atoms with Gasteiger partial charge < -0.3 is 19.1 Å². The topological polar surface area (TPSA) is 71.7 Å². The fourth-order valence-corrected chi connectivity index (χ4v) is 3.14. The highest BCUT2D eigenvalue weighted by atomic mass is 16.5. The van der Waals surface area contributed by atoms with Crippen LogP contribution >= 0.6 is 0 Å². The van der Waals surface area contributed by atoms with Crippen LogP contribution in [0.2, 0.25) is 0 Å². The van der Waals surface area contributed by atoms with E-state index in [1.54, 1.807) is 19.1 Å². The lowest BCUT2D eigenvalue weighted by atomic mass is 10.1. The van der Waals surface area contributed by atoms with Gasteiger partial charge in [0.2, 0.25) is 11.7 Å². The molecule has 158 valence electrons. The van der Waals surface area contributed by atoms with Gasteiger partial charge in [-0.3, -0.25) is 4.79 Å². The lowest BCUT2D eigenvalue weighted by molar-refractivity contribution is 0.0747. The first-order chi connectivity index (χ1) is 14.5. The average molecular weight is 409 g/mol. The largest absolute Gasteiger partial charge is 0.485 e. The number of para-hydroxylation sites is 1.